The summed E-state index contributed by atoms with van der Waals surface area (Å²) in [7, 11) is 1.80. The molecule has 1 N–H and O–H groups in total. The first-order valence-corrected chi connectivity index (χ1v) is 7.23. The summed E-state index contributed by atoms with van der Waals surface area (Å²) < 4.78 is 4.12. The van der Waals surface area contributed by atoms with Crippen LogP contribution in [0.2, 0.25) is 0 Å². The highest BCUT2D eigenvalue weighted by atomic mass is 32.1. The zero-order valence-electron chi connectivity index (χ0n) is 12.3. The lowest BCUT2D eigenvalue weighted by Crippen LogP contribution is -2.23. The Bertz CT molecular complexity index is 724. The average molecular weight is 292 g/mol. The molecule has 0 aliphatic carbocycles. The molecule has 2 rings (SSSR count). The molecule has 0 fully saturated rings. The van der Waals surface area contributed by atoms with Gasteiger partial charge in [0.1, 0.15) is 0 Å². The summed E-state index contributed by atoms with van der Waals surface area (Å²) in [6, 6.07) is 3.82. The third-order valence-corrected chi connectivity index (χ3v) is 3.69. The molecule has 0 spiro atoms. The Morgan fingerprint density at radius 2 is 2.10 bits per heavy atom. The van der Waals surface area contributed by atoms with Crippen LogP contribution in [0.1, 0.15) is 38.8 Å². The molecule has 0 aliphatic heterocycles. The average Bonchev–Trinajstić information content (AvgIpc) is 2.75. The maximum atomic E-state index is 12.5. The predicted octanol–water partition coefficient (Wildman–Crippen LogP) is 2.84. The van der Waals surface area contributed by atoms with Gasteiger partial charge in [-0.2, -0.15) is 5.10 Å². The second-order valence-corrected chi connectivity index (χ2v) is 5.58. The Hall–Kier alpha value is -1.69. The van der Waals surface area contributed by atoms with Crippen LogP contribution in [0.3, 0.4) is 0 Å². The quantitative estimate of drug-likeness (QED) is 0.882. The predicted molar refractivity (Wildman–Crippen MR) is 82.5 cm³/mol. The Morgan fingerprint density at radius 1 is 1.40 bits per heavy atom. The zero-order valence-corrected chi connectivity index (χ0v) is 13.1. The first-order chi connectivity index (χ1) is 9.47. The standard InChI is InChI=1S/C14H20N4OS/c1-5-8-18-12(15-16-14(18)20)10-6-7-11(9(2)3)17(4)13(10)19/h6-7,9H,5,8H2,1-4H3,(H,16,20). The van der Waals surface area contributed by atoms with E-state index < -0.39 is 0 Å². The molecule has 6 heteroatoms. The summed E-state index contributed by atoms with van der Waals surface area (Å²) in [5.74, 6) is 0.922. The minimum Gasteiger partial charge on any atom is -0.315 e. The first-order valence-electron chi connectivity index (χ1n) is 6.82. The second kappa shape index (κ2) is 5.75. The fraction of sp³-hybridized carbons (Fsp3) is 0.500. The van der Waals surface area contributed by atoms with Crippen molar-refractivity contribution in [1.82, 2.24) is 19.3 Å². The fourth-order valence-corrected chi connectivity index (χ4v) is 2.58. The van der Waals surface area contributed by atoms with Crippen molar-refractivity contribution in [1.29, 1.82) is 0 Å². The number of H-pyrrole nitrogens is 1. The van der Waals surface area contributed by atoms with Gasteiger partial charge in [-0.25, -0.2) is 0 Å². The lowest BCUT2D eigenvalue weighted by atomic mass is 10.1. The molecule has 0 atom stereocenters. The van der Waals surface area contributed by atoms with Gasteiger partial charge < -0.3 is 9.13 Å². The molecule has 0 amide bonds. The van der Waals surface area contributed by atoms with Crippen LogP contribution in [0, 0.1) is 4.77 Å². The summed E-state index contributed by atoms with van der Waals surface area (Å²) in [6.07, 6.45) is 0.936. The number of aromatic amines is 1. The van der Waals surface area contributed by atoms with Gasteiger partial charge in [-0.15, -0.1) is 0 Å². The number of pyridine rings is 1. The Kier molecular flexibility index (Phi) is 4.23. The van der Waals surface area contributed by atoms with E-state index in [2.05, 4.69) is 31.0 Å². The largest absolute Gasteiger partial charge is 0.315 e. The smallest absolute Gasteiger partial charge is 0.261 e. The van der Waals surface area contributed by atoms with Crippen molar-refractivity contribution >= 4 is 12.2 Å². The number of nitrogens with one attached hydrogen (secondary N) is 1. The molecule has 0 aliphatic rings. The van der Waals surface area contributed by atoms with Crippen molar-refractivity contribution in [3.05, 3.63) is 33.0 Å². The number of nitrogens with zero attached hydrogens (tertiary/aromatic N) is 3. The topological polar surface area (TPSA) is 55.6 Å². The summed E-state index contributed by atoms with van der Waals surface area (Å²) in [5, 5.41) is 6.99. The minimum atomic E-state index is -0.0393. The van der Waals surface area contributed by atoms with E-state index >= 15 is 0 Å². The van der Waals surface area contributed by atoms with E-state index in [1.54, 1.807) is 11.6 Å². The lowest BCUT2D eigenvalue weighted by Gasteiger charge is -2.13. The molecule has 2 aromatic heterocycles. The highest BCUT2D eigenvalue weighted by Crippen LogP contribution is 2.17. The van der Waals surface area contributed by atoms with Gasteiger partial charge in [0.25, 0.3) is 5.56 Å². The van der Waals surface area contributed by atoms with Crippen LogP contribution >= 0.6 is 12.2 Å². The molecule has 2 heterocycles. The van der Waals surface area contributed by atoms with Crippen LogP contribution < -0.4 is 5.56 Å². The summed E-state index contributed by atoms with van der Waals surface area (Å²) in [4.78, 5) is 12.5. The Balaban J connectivity index is 2.63. The first kappa shape index (κ1) is 14.7. The van der Waals surface area contributed by atoms with Crippen molar-refractivity contribution in [3.8, 4) is 11.4 Å². The number of rotatable bonds is 4. The van der Waals surface area contributed by atoms with Gasteiger partial charge in [0.2, 0.25) is 0 Å². The molecule has 0 radical (unpaired) electrons. The van der Waals surface area contributed by atoms with Crippen LogP contribution in [-0.4, -0.2) is 19.3 Å². The maximum Gasteiger partial charge on any atom is 0.261 e. The summed E-state index contributed by atoms with van der Waals surface area (Å²) in [6.45, 7) is 6.96. The molecule has 20 heavy (non-hydrogen) atoms. The number of aromatic nitrogens is 4. The van der Waals surface area contributed by atoms with E-state index in [0.717, 1.165) is 18.7 Å². The van der Waals surface area contributed by atoms with E-state index in [9.17, 15) is 4.79 Å². The molecule has 108 valence electrons. The molecule has 0 saturated heterocycles. The van der Waals surface area contributed by atoms with Gasteiger partial charge in [0.05, 0.1) is 5.56 Å². The van der Waals surface area contributed by atoms with Gasteiger partial charge in [-0.3, -0.25) is 9.89 Å². The second-order valence-electron chi connectivity index (χ2n) is 5.19. The third-order valence-electron chi connectivity index (χ3n) is 3.38. The minimum absolute atomic E-state index is 0.0393. The van der Waals surface area contributed by atoms with Crippen LogP contribution in [0.4, 0.5) is 0 Å². The Morgan fingerprint density at radius 3 is 2.70 bits per heavy atom. The van der Waals surface area contributed by atoms with Crippen LogP contribution in [0.15, 0.2) is 16.9 Å². The van der Waals surface area contributed by atoms with Gasteiger partial charge in [-0.05, 0) is 36.7 Å². The SMILES string of the molecule is CCCn1c(-c2ccc(C(C)C)n(C)c2=O)n[nH]c1=S. The molecule has 0 saturated carbocycles. The third kappa shape index (κ3) is 2.47. The van der Waals surface area contributed by atoms with Gasteiger partial charge in [0, 0.05) is 19.3 Å². The van der Waals surface area contributed by atoms with Crippen LogP contribution in [0.25, 0.3) is 11.4 Å². The summed E-state index contributed by atoms with van der Waals surface area (Å²) >= 11 is 5.22. The summed E-state index contributed by atoms with van der Waals surface area (Å²) in [5.41, 5.74) is 1.55. The van der Waals surface area contributed by atoms with Gasteiger partial charge in [-0.1, -0.05) is 20.8 Å². The molecular formula is C14H20N4OS. The van der Waals surface area contributed by atoms with Crippen molar-refractivity contribution < 1.29 is 0 Å². The molecule has 0 aromatic carbocycles. The van der Waals surface area contributed by atoms with Crippen LogP contribution in [0.5, 0.6) is 0 Å². The number of hydrogen-bond acceptors (Lipinski definition) is 3. The van der Waals surface area contributed by atoms with Gasteiger partial charge in [0.15, 0.2) is 10.6 Å². The van der Waals surface area contributed by atoms with E-state index in [1.165, 1.54) is 0 Å². The maximum absolute atomic E-state index is 12.5. The van der Waals surface area contributed by atoms with Crippen molar-refractivity contribution in [2.24, 2.45) is 7.05 Å². The fourth-order valence-electron chi connectivity index (χ4n) is 2.35. The monoisotopic (exact) mass is 292 g/mol. The molecule has 0 bridgehead atoms. The Labute approximate surface area is 123 Å². The normalized spacial score (nSPS) is 11.2. The van der Waals surface area contributed by atoms with E-state index in [0.29, 0.717) is 22.1 Å². The highest BCUT2D eigenvalue weighted by Gasteiger charge is 2.15. The van der Waals surface area contributed by atoms with Crippen LogP contribution in [-0.2, 0) is 13.6 Å². The van der Waals surface area contributed by atoms with E-state index in [1.807, 2.05) is 16.7 Å². The van der Waals surface area contributed by atoms with E-state index in [4.69, 9.17) is 12.2 Å². The lowest BCUT2D eigenvalue weighted by molar-refractivity contribution is 0.670. The van der Waals surface area contributed by atoms with Crippen molar-refractivity contribution in [2.45, 2.75) is 39.7 Å². The molecule has 2 aromatic rings. The number of hydrogen-bond donors (Lipinski definition) is 1. The van der Waals surface area contributed by atoms with E-state index in [-0.39, 0.29) is 5.56 Å². The highest BCUT2D eigenvalue weighted by molar-refractivity contribution is 7.71. The van der Waals surface area contributed by atoms with Gasteiger partial charge >= 0.3 is 0 Å². The molecular weight excluding hydrogens is 272 g/mol. The molecule has 5 nitrogen and oxygen atoms in total. The molecule has 0 unspecified atom stereocenters. The van der Waals surface area contributed by atoms with Crippen molar-refractivity contribution in [2.75, 3.05) is 0 Å². The van der Waals surface area contributed by atoms with Crippen molar-refractivity contribution in [3.63, 3.8) is 0 Å². The zero-order chi connectivity index (χ0) is 14.9.